The number of rotatable bonds is 10. The molecule has 4 rings (SSSR count). The number of carbonyl (C=O) groups excluding carboxylic acids is 2. The molecule has 4 aliphatic rings. The van der Waals surface area contributed by atoms with E-state index in [0.717, 1.165) is 43.6 Å². The number of fused-ring (bicyclic) bond motifs is 1. The number of alkyl carbamates (subject to hydrolysis) is 1. The predicted molar refractivity (Wildman–Crippen MR) is 169 cm³/mol. The van der Waals surface area contributed by atoms with Crippen molar-refractivity contribution >= 4 is 12.0 Å². The smallest absolute Gasteiger partial charge is 0.408 e. The van der Waals surface area contributed by atoms with Crippen LogP contribution in [0.25, 0.3) is 0 Å². The van der Waals surface area contributed by atoms with Crippen LogP contribution >= 0.6 is 0 Å². The number of hydrogen-bond donors (Lipinski definition) is 3. The highest BCUT2D eigenvalue weighted by molar-refractivity contribution is 5.94. The first kappa shape index (κ1) is 33.7. The first-order valence-electron chi connectivity index (χ1n) is 16.1. The predicted octanol–water partition coefficient (Wildman–Crippen LogP) is 6.08. The lowest BCUT2D eigenvalue weighted by atomic mass is 9.65. The summed E-state index contributed by atoms with van der Waals surface area (Å²) in [6, 6.07) is -0.168. The van der Waals surface area contributed by atoms with Gasteiger partial charge in [0.25, 0.3) is 0 Å². The number of hydrogen-bond acceptors (Lipinski definition) is 7. The van der Waals surface area contributed by atoms with Crippen LogP contribution in [0.4, 0.5) is 4.79 Å². The quantitative estimate of drug-likeness (QED) is 0.274. The molecule has 0 aliphatic heterocycles. The van der Waals surface area contributed by atoms with E-state index in [1.165, 1.54) is 0 Å². The molecule has 0 radical (unpaired) electrons. The van der Waals surface area contributed by atoms with E-state index in [0.29, 0.717) is 41.9 Å². The maximum atomic E-state index is 14.0. The number of methoxy groups -OCH3 is 1. The Kier molecular flexibility index (Phi) is 10.9. The van der Waals surface area contributed by atoms with Crippen molar-refractivity contribution in [2.24, 2.45) is 23.7 Å². The van der Waals surface area contributed by atoms with E-state index in [-0.39, 0.29) is 37.6 Å². The number of carbonyl (C=O) groups is 2. The van der Waals surface area contributed by atoms with Crippen LogP contribution < -0.4 is 5.32 Å². The highest BCUT2D eigenvalue weighted by Crippen LogP contribution is 2.46. The monoisotopic (exact) mass is 612 g/mol. The average molecular weight is 613 g/mol. The number of nitrogens with zero attached hydrogens (tertiary/aromatic N) is 1. The first-order valence-corrected chi connectivity index (χ1v) is 16.1. The summed E-state index contributed by atoms with van der Waals surface area (Å²) in [5.41, 5.74) is -0.545. The molecule has 0 saturated heterocycles. The summed E-state index contributed by atoms with van der Waals surface area (Å²) in [5.74, 6) is 3.39. The van der Waals surface area contributed by atoms with Crippen LogP contribution in [-0.2, 0) is 19.0 Å². The lowest BCUT2D eigenvalue weighted by molar-refractivity contribution is -0.131. The van der Waals surface area contributed by atoms with Crippen molar-refractivity contribution < 1.29 is 34.0 Å². The minimum atomic E-state index is -0.647. The largest absolute Gasteiger partial charge is 0.508 e. The van der Waals surface area contributed by atoms with Gasteiger partial charge in [-0.15, -0.1) is 0 Å². The number of allylic oxidation sites excluding steroid dienone is 7. The lowest BCUT2D eigenvalue weighted by Gasteiger charge is -2.45. The number of amides is 2. The molecule has 244 valence electrons. The van der Waals surface area contributed by atoms with Crippen LogP contribution in [0.1, 0.15) is 79.6 Å². The van der Waals surface area contributed by atoms with E-state index in [1.54, 1.807) is 7.11 Å². The normalized spacial score (nSPS) is 27.1. The summed E-state index contributed by atoms with van der Waals surface area (Å²) in [4.78, 5) is 28.1. The summed E-state index contributed by atoms with van der Waals surface area (Å²) in [7, 11) is 1.68. The molecule has 2 amide bonds. The van der Waals surface area contributed by atoms with Crippen LogP contribution in [0.15, 0.2) is 59.3 Å². The molecule has 3 N–H and O–H groups in total. The first-order chi connectivity index (χ1) is 20.8. The maximum absolute atomic E-state index is 14.0. The van der Waals surface area contributed by atoms with E-state index < -0.39 is 17.2 Å². The lowest BCUT2D eigenvalue weighted by Crippen LogP contribution is -2.49. The van der Waals surface area contributed by atoms with Crippen molar-refractivity contribution in [2.45, 2.75) is 96.7 Å². The molecular formula is C35H52N2O7. The third-order valence-electron chi connectivity index (χ3n) is 9.09. The van der Waals surface area contributed by atoms with Gasteiger partial charge in [0.1, 0.15) is 18.0 Å². The van der Waals surface area contributed by atoms with Gasteiger partial charge in [0.15, 0.2) is 0 Å². The number of nitrogens with one attached hydrogen (secondary N) is 1. The Labute approximate surface area is 262 Å². The molecule has 1 fully saturated rings. The van der Waals surface area contributed by atoms with Gasteiger partial charge in [-0.3, -0.25) is 4.79 Å². The minimum Gasteiger partial charge on any atom is -0.508 e. The molecule has 44 heavy (non-hydrogen) atoms. The fraction of sp³-hybridized carbons (Fsp3) is 0.657. The zero-order chi connectivity index (χ0) is 32.1. The molecule has 0 aromatic rings. The zero-order valence-corrected chi connectivity index (χ0v) is 27.3. The highest BCUT2D eigenvalue weighted by atomic mass is 16.6. The standard InChI is InChI=1S/C35H52N2O7/c1-34(2,3)44-33(41)36-35(4,5)22-43-28-13-10-23(11-14-28)32(40)37(17-18-38)31-21-29(42-6)15-16-30(31)26-8-7-25-20-27(39)12-9-24(25)19-26/h9-10,12-13,20-21,24-26,30-31,38-39H,7-8,11,14-19,22H2,1-6H3,(H,36,41)/t24?,25?,26-,30?,31?/m1/s1. The van der Waals surface area contributed by atoms with Crippen molar-refractivity contribution in [1.82, 2.24) is 10.2 Å². The van der Waals surface area contributed by atoms with Gasteiger partial charge in [-0.1, -0.05) is 12.2 Å². The number of ether oxygens (including phenoxy) is 3. The van der Waals surface area contributed by atoms with Gasteiger partial charge in [0, 0.05) is 25.0 Å². The maximum Gasteiger partial charge on any atom is 0.408 e. The number of aliphatic hydroxyl groups excluding tert-OH is 2. The van der Waals surface area contributed by atoms with Crippen molar-refractivity contribution in [3.05, 3.63) is 59.3 Å². The van der Waals surface area contributed by atoms with E-state index >= 15 is 0 Å². The topological polar surface area (TPSA) is 118 Å². The van der Waals surface area contributed by atoms with Gasteiger partial charge in [-0.2, -0.15) is 0 Å². The fourth-order valence-corrected chi connectivity index (χ4v) is 6.94. The molecular weight excluding hydrogens is 560 g/mol. The summed E-state index contributed by atoms with van der Waals surface area (Å²) in [6.45, 7) is 9.59. The van der Waals surface area contributed by atoms with Gasteiger partial charge in [-0.05, 0) is 115 Å². The minimum absolute atomic E-state index is 0.0658. The molecule has 1 saturated carbocycles. The van der Waals surface area contributed by atoms with Crippen LogP contribution in [0.3, 0.4) is 0 Å². The van der Waals surface area contributed by atoms with Crippen LogP contribution in [0, 0.1) is 23.7 Å². The van der Waals surface area contributed by atoms with Gasteiger partial charge >= 0.3 is 6.09 Å². The van der Waals surface area contributed by atoms with Crippen molar-refractivity contribution in [2.75, 3.05) is 26.9 Å². The summed E-state index contributed by atoms with van der Waals surface area (Å²) >= 11 is 0. The third kappa shape index (κ3) is 8.93. The Bertz CT molecular complexity index is 1210. The molecule has 0 heterocycles. The van der Waals surface area contributed by atoms with Crippen LogP contribution in [0.2, 0.25) is 0 Å². The van der Waals surface area contributed by atoms with Crippen molar-refractivity contribution in [1.29, 1.82) is 0 Å². The Balaban J connectivity index is 1.44. The molecule has 9 heteroatoms. The molecule has 0 aromatic heterocycles. The Hall–Kier alpha value is -3.20. The molecule has 4 aliphatic carbocycles. The van der Waals surface area contributed by atoms with E-state index in [9.17, 15) is 19.8 Å². The van der Waals surface area contributed by atoms with Gasteiger partial charge in [0.05, 0.1) is 36.8 Å². The Morgan fingerprint density at radius 1 is 1.00 bits per heavy atom. The summed E-state index contributed by atoms with van der Waals surface area (Å²) in [6.07, 6.45) is 17.2. The second kappa shape index (κ2) is 14.3. The molecule has 5 atom stereocenters. The van der Waals surface area contributed by atoms with Gasteiger partial charge < -0.3 is 34.6 Å². The van der Waals surface area contributed by atoms with Gasteiger partial charge in [-0.25, -0.2) is 4.79 Å². The third-order valence-corrected chi connectivity index (χ3v) is 9.09. The molecule has 9 nitrogen and oxygen atoms in total. The molecule has 0 spiro atoms. The van der Waals surface area contributed by atoms with E-state index in [2.05, 4.69) is 17.5 Å². The summed E-state index contributed by atoms with van der Waals surface area (Å²) in [5, 5.41) is 22.9. The Morgan fingerprint density at radius 2 is 1.77 bits per heavy atom. The second-order valence-electron chi connectivity index (χ2n) is 14.2. The molecule has 0 bridgehead atoms. The molecule has 0 aromatic carbocycles. The number of aliphatic hydroxyl groups is 2. The SMILES string of the molecule is COC1=CC(N(CCO)C(=O)C2=CC=C(OCC(C)(C)NC(=O)OC(C)(C)C)CC2)C([C@@H]2CCC3C=C(O)C=CC3C2)CC1. The van der Waals surface area contributed by atoms with Crippen molar-refractivity contribution in [3.63, 3.8) is 0 Å². The van der Waals surface area contributed by atoms with Crippen LogP contribution in [0.5, 0.6) is 0 Å². The van der Waals surface area contributed by atoms with E-state index in [4.69, 9.17) is 14.2 Å². The van der Waals surface area contributed by atoms with Gasteiger partial charge in [0.2, 0.25) is 5.91 Å². The van der Waals surface area contributed by atoms with Crippen LogP contribution in [-0.4, -0.2) is 71.2 Å². The summed E-state index contributed by atoms with van der Waals surface area (Å²) < 4.78 is 17.1. The fourth-order valence-electron chi connectivity index (χ4n) is 6.94. The average Bonchev–Trinajstić information content (AvgIpc) is 2.97. The second-order valence-corrected chi connectivity index (χ2v) is 14.2. The Morgan fingerprint density at radius 3 is 2.43 bits per heavy atom. The highest BCUT2D eigenvalue weighted by Gasteiger charge is 2.41. The van der Waals surface area contributed by atoms with E-state index in [1.807, 2.05) is 63.8 Å². The zero-order valence-electron chi connectivity index (χ0n) is 27.3. The molecule has 4 unspecified atom stereocenters. The van der Waals surface area contributed by atoms with Crippen molar-refractivity contribution in [3.8, 4) is 0 Å².